The van der Waals surface area contributed by atoms with Crippen LogP contribution in [0.25, 0.3) is 0 Å². The lowest BCUT2D eigenvalue weighted by molar-refractivity contribution is 0.158. The minimum atomic E-state index is -3.81. The molecule has 5 nitrogen and oxygen atoms in total. The molecule has 1 atom stereocenters. The summed E-state index contributed by atoms with van der Waals surface area (Å²) in [7, 11) is -3.81. The Morgan fingerprint density at radius 1 is 1.22 bits per heavy atom. The van der Waals surface area contributed by atoms with Gasteiger partial charge in [-0.05, 0) is 37.5 Å². The summed E-state index contributed by atoms with van der Waals surface area (Å²) in [5.74, 6) is 0. The molecule has 0 saturated carbocycles. The molecule has 1 aromatic rings. The number of carbonyl (C=O) groups is 1. The molecule has 0 bridgehead atoms. The molecule has 0 aromatic heterocycles. The number of hydrogen-bond donors (Lipinski definition) is 0. The Labute approximate surface area is 152 Å². The van der Waals surface area contributed by atoms with Gasteiger partial charge in [0.05, 0.1) is 17.5 Å². The summed E-state index contributed by atoms with van der Waals surface area (Å²) in [6.45, 7) is 5.72. The van der Waals surface area contributed by atoms with E-state index in [0.717, 1.165) is 22.7 Å². The largest absolute Gasteiger partial charge is 0.448 e. The maximum atomic E-state index is 12.7. The van der Waals surface area contributed by atoms with Crippen LogP contribution in [-0.2, 0) is 21.2 Å². The highest BCUT2D eigenvalue weighted by Gasteiger charge is 2.34. The monoisotopic (exact) mass is 453 g/mol. The highest BCUT2D eigenvalue weighted by molar-refractivity contribution is 14.1. The number of hydrogen-bond acceptors (Lipinski definition) is 4. The first kappa shape index (κ1) is 20.2. The van der Waals surface area contributed by atoms with Crippen LogP contribution in [0.2, 0.25) is 0 Å². The van der Waals surface area contributed by atoms with Gasteiger partial charge in [-0.1, -0.05) is 55.0 Å². The van der Waals surface area contributed by atoms with Crippen molar-refractivity contribution in [3.05, 3.63) is 29.8 Å². The number of halogens is 1. The first-order chi connectivity index (χ1) is 10.9. The molecule has 0 aliphatic rings. The van der Waals surface area contributed by atoms with Gasteiger partial charge in [0.25, 0.3) is 0 Å². The molecule has 0 saturated heterocycles. The molecule has 0 aliphatic carbocycles. The Bertz CT molecular complexity index is 601. The number of ether oxygens (including phenoxy) is 1. The third kappa shape index (κ3) is 5.34. The topological polar surface area (TPSA) is 63.7 Å². The summed E-state index contributed by atoms with van der Waals surface area (Å²) in [5.41, 5.74) is 1.43. The molecule has 1 unspecified atom stereocenters. The Morgan fingerprint density at radius 3 is 2.30 bits per heavy atom. The number of rotatable bonds is 8. The van der Waals surface area contributed by atoms with E-state index in [0.29, 0.717) is 16.5 Å². The van der Waals surface area contributed by atoms with Crippen molar-refractivity contribution >= 4 is 44.4 Å². The Kier molecular flexibility index (Phi) is 8.32. The summed E-state index contributed by atoms with van der Waals surface area (Å²) < 4.78 is 31.7. The van der Waals surface area contributed by atoms with Crippen molar-refractivity contribution in [3.8, 4) is 0 Å². The number of anilines is 1. The Balaban J connectivity index is 3.20. The normalized spacial score (nSPS) is 12.7. The van der Waals surface area contributed by atoms with Gasteiger partial charge in [-0.25, -0.2) is 13.2 Å². The fourth-order valence-corrected chi connectivity index (χ4v) is 4.51. The number of alkyl halides is 1. The van der Waals surface area contributed by atoms with Crippen molar-refractivity contribution < 1.29 is 17.9 Å². The molecule has 1 amide bonds. The van der Waals surface area contributed by atoms with E-state index in [4.69, 9.17) is 4.74 Å². The molecule has 23 heavy (non-hydrogen) atoms. The highest BCUT2D eigenvalue weighted by Crippen LogP contribution is 2.24. The van der Waals surface area contributed by atoms with Crippen molar-refractivity contribution in [3.63, 3.8) is 0 Å². The van der Waals surface area contributed by atoms with E-state index in [1.807, 2.05) is 41.6 Å². The quantitative estimate of drug-likeness (QED) is 0.439. The summed E-state index contributed by atoms with van der Waals surface area (Å²) in [6, 6.07) is 7.03. The van der Waals surface area contributed by atoms with Crippen molar-refractivity contribution in [2.24, 2.45) is 0 Å². The van der Waals surface area contributed by atoms with Gasteiger partial charge in [0.15, 0.2) is 0 Å². The molecule has 0 heterocycles. The predicted octanol–water partition coefficient (Wildman–Crippen LogP) is 4.15. The lowest BCUT2D eigenvalue weighted by Gasteiger charge is -2.24. The van der Waals surface area contributed by atoms with E-state index in [2.05, 4.69) is 6.92 Å². The van der Waals surface area contributed by atoms with Crippen LogP contribution in [0.4, 0.5) is 10.5 Å². The van der Waals surface area contributed by atoms with Crippen LogP contribution in [0.15, 0.2) is 24.3 Å². The first-order valence-electron chi connectivity index (χ1n) is 7.74. The lowest BCUT2D eigenvalue weighted by atomic mass is 10.1. The van der Waals surface area contributed by atoms with Crippen LogP contribution < -0.4 is 4.31 Å². The van der Waals surface area contributed by atoms with Crippen LogP contribution >= 0.6 is 22.6 Å². The molecule has 0 radical (unpaired) electrons. The fourth-order valence-electron chi connectivity index (χ4n) is 1.95. The number of sulfonamides is 1. The molecule has 130 valence electrons. The number of benzene rings is 1. The molecule has 0 fully saturated rings. The SMILES string of the molecule is CCCOC(=O)N(c1ccc(CCC)cc1)S(=O)(=O)C(C)CI. The molecule has 0 spiro atoms. The van der Waals surface area contributed by atoms with Gasteiger partial charge in [-0.15, -0.1) is 0 Å². The Hall–Kier alpha value is -0.830. The van der Waals surface area contributed by atoms with Gasteiger partial charge in [-0.2, -0.15) is 4.31 Å². The molecule has 1 aromatic carbocycles. The van der Waals surface area contributed by atoms with Crippen LogP contribution in [-0.4, -0.2) is 30.8 Å². The van der Waals surface area contributed by atoms with Crippen LogP contribution in [0.5, 0.6) is 0 Å². The second kappa shape index (κ2) is 9.46. The van der Waals surface area contributed by atoms with E-state index in [1.54, 1.807) is 19.1 Å². The van der Waals surface area contributed by atoms with Crippen molar-refractivity contribution in [2.75, 3.05) is 15.3 Å². The van der Waals surface area contributed by atoms with Gasteiger partial charge < -0.3 is 4.74 Å². The molecule has 0 N–H and O–H groups in total. The van der Waals surface area contributed by atoms with Crippen LogP contribution in [0.1, 0.15) is 39.2 Å². The zero-order valence-electron chi connectivity index (χ0n) is 13.8. The summed E-state index contributed by atoms with van der Waals surface area (Å²) in [4.78, 5) is 12.3. The highest BCUT2D eigenvalue weighted by atomic mass is 127. The average Bonchev–Trinajstić information content (AvgIpc) is 2.54. The van der Waals surface area contributed by atoms with Crippen LogP contribution in [0.3, 0.4) is 0 Å². The summed E-state index contributed by atoms with van der Waals surface area (Å²) >= 11 is 2.00. The van der Waals surface area contributed by atoms with E-state index >= 15 is 0 Å². The third-order valence-corrected chi connectivity index (χ3v) is 7.26. The lowest BCUT2D eigenvalue weighted by Crippen LogP contribution is -2.43. The number of aryl methyl sites for hydroxylation is 1. The standard InChI is InChI=1S/C16H24INO4S/c1-4-6-14-7-9-15(10-8-14)18(16(19)22-11-5-2)23(20,21)13(3)12-17/h7-10,13H,4-6,11-12H2,1-3H3. The molecular formula is C16H24INO4S. The minimum absolute atomic E-state index is 0.192. The number of carbonyl (C=O) groups excluding carboxylic acids is 1. The van der Waals surface area contributed by atoms with E-state index in [9.17, 15) is 13.2 Å². The van der Waals surface area contributed by atoms with E-state index in [-0.39, 0.29) is 6.61 Å². The fraction of sp³-hybridized carbons (Fsp3) is 0.562. The van der Waals surface area contributed by atoms with Crippen molar-refractivity contribution in [1.29, 1.82) is 0 Å². The second-order valence-corrected chi connectivity index (χ2v) is 8.39. The number of nitrogens with zero attached hydrogens (tertiary/aromatic N) is 1. The molecule has 0 aliphatic heterocycles. The smallest absolute Gasteiger partial charge is 0.428 e. The second-order valence-electron chi connectivity index (χ2n) is 5.31. The van der Waals surface area contributed by atoms with Gasteiger partial charge in [0.2, 0.25) is 10.0 Å². The average molecular weight is 453 g/mol. The summed E-state index contributed by atoms with van der Waals surface area (Å²) in [5, 5.41) is -0.674. The van der Waals surface area contributed by atoms with Crippen molar-refractivity contribution in [1.82, 2.24) is 0 Å². The third-order valence-electron chi connectivity index (χ3n) is 3.29. The molecule has 1 rings (SSSR count). The van der Waals surface area contributed by atoms with Gasteiger partial charge in [-0.3, -0.25) is 0 Å². The minimum Gasteiger partial charge on any atom is -0.448 e. The maximum Gasteiger partial charge on any atom is 0.428 e. The van der Waals surface area contributed by atoms with Gasteiger partial charge >= 0.3 is 6.09 Å². The molecule has 7 heteroatoms. The van der Waals surface area contributed by atoms with E-state index in [1.165, 1.54) is 0 Å². The van der Waals surface area contributed by atoms with Crippen LogP contribution in [0, 0.1) is 0 Å². The van der Waals surface area contributed by atoms with Gasteiger partial charge in [0, 0.05) is 4.43 Å². The first-order valence-corrected chi connectivity index (χ1v) is 10.8. The zero-order valence-corrected chi connectivity index (χ0v) is 16.8. The summed E-state index contributed by atoms with van der Waals surface area (Å²) in [6.07, 6.45) is 1.71. The maximum absolute atomic E-state index is 12.7. The Morgan fingerprint density at radius 2 is 1.83 bits per heavy atom. The predicted molar refractivity (Wildman–Crippen MR) is 102 cm³/mol. The number of amides is 1. The zero-order chi connectivity index (χ0) is 17.5. The van der Waals surface area contributed by atoms with E-state index < -0.39 is 21.4 Å². The molecular weight excluding hydrogens is 429 g/mol. The van der Waals surface area contributed by atoms with Gasteiger partial charge in [0.1, 0.15) is 0 Å². The van der Waals surface area contributed by atoms with Crippen molar-refractivity contribution in [2.45, 2.75) is 45.3 Å².